The molecule has 0 aliphatic carbocycles. The summed E-state index contributed by atoms with van der Waals surface area (Å²) >= 11 is 1.32. The van der Waals surface area contributed by atoms with Crippen LogP contribution in [0.2, 0.25) is 0 Å². The van der Waals surface area contributed by atoms with Crippen LogP contribution in [0, 0.1) is 5.41 Å². The SMILES string of the molecule is CS(=O)(=O)[O-].Cn1cc(C2=C(c3cn(CCCSC(=N)N)c4ccccc34)C(=O)NC2=O)c2ccccc21. The number of aromatic nitrogens is 2. The number of amides is 2. The van der Waals surface area contributed by atoms with Gasteiger partial charge in [-0.05, 0) is 18.6 Å². The molecule has 2 aromatic heterocycles. The molecule has 4 N–H and O–H groups in total. The van der Waals surface area contributed by atoms with Gasteiger partial charge in [-0.1, -0.05) is 48.2 Å². The lowest BCUT2D eigenvalue weighted by Gasteiger charge is -2.04. The second-order valence-electron chi connectivity index (χ2n) is 8.73. The van der Waals surface area contributed by atoms with Gasteiger partial charge in [-0.15, -0.1) is 0 Å². The first kappa shape index (κ1) is 27.2. The summed E-state index contributed by atoms with van der Waals surface area (Å²) in [5, 5.41) is 11.9. The van der Waals surface area contributed by atoms with E-state index in [2.05, 4.69) is 9.88 Å². The highest BCUT2D eigenvalue weighted by atomic mass is 32.2. The van der Waals surface area contributed by atoms with Gasteiger partial charge in [0.2, 0.25) is 0 Å². The molecule has 2 amide bonds. The van der Waals surface area contributed by atoms with E-state index < -0.39 is 10.1 Å². The minimum absolute atomic E-state index is 0.110. The Bertz CT molecular complexity index is 1710. The van der Waals surface area contributed by atoms with Crippen LogP contribution < -0.4 is 11.1 Å². The number of hydrogen-bond acceptors (Lipinski definition) is 7. The quantitative estimate of drug-likeness (QED) is 0.109. The summed E-state index contributed by atoms with van der Waals surface area (Å²) in [4.78, 5) is 26.1. The van der Waals surface area contributed by atoms with E-state index in [4.69, 9.17) is 24.1 Å². The van der Waals surface area contributed by atoms with E-state index in [-0.39, 0.29) is 17.0 Å². The average molecular weight is 553 g/mol. The van der Waals surface area contributed by atoms with Crippen molar-refractivity contribution in [3.05, 3.63) is 72.1 Å². The highest BCUT2D eigenvalue weighted by Crippen LogP contribution is 2.38. The first-order valence-corrected chi connectivity index (χ1v) is 14.4. The van der Waals surface area contributed by atoms with Crippen LogP contribution in [0.15, 0.2) is 60.9 Å². The molecule has 0 radical (unpaired) electrons. The van der Waals surface area contributed by atoms with Crippen LogP contribution in [0.3, 0.4) is 0 Å². The first-order chi connectivity index (χ1) is 18.0. The average Bonchev–Trinajstić information content (AvgIpc) is 3.46. The standard InChI is InChI=1S/C25H23N5O2S.CH4O3S/c1-29-13-17(15-7-2-4-9-19(15)29)21-22(24(32)28-23(21)31)18-14-30(11-6-12-33-25(26)27)20-10-5-3-8-16(18)20;1-5(2,3)4/h2-5,7-10,13-14H,6,11-12H2,1H3,(H3,26,27)(H,28,31,32);1H3,(H,2,3,4)/p-1. The Morgan fingerprint density at radius 3 is 2.05 bits per heavy atom. The summed E-state index contributed by atoms with van der Waals surface area (Å²) in [7, 11) is -1.98. The van der Waals surface area contributed by atoms with Crippen molar-refractivity contribution in [2.75, 3.05) is 12.0 Å². The summed E-state index contributed by atoms with van der Waals surface area (Å²) in [5.41, 5.74) is 9.75. The van der Waals surface area contributed by atoms with Crippen molar-refractivity contribution in [2.24, 2.45) is 12.8 Å². The van der Waals surface area contributed by atoms with Gasteiger partial charge in [-0.25, -0.2) is 8.42 Å². The first-order valence-electron chi connectivity index (χ1n) is 11.6. The Balaban J connectivity index is 0.000000617. The number of thioether (sulfide) groups is 1. The molecule has 12 heteroatoms. The number of carbonyl (C=O) groups excluding carboxylic acids is 2. The maximum Gasteiger partial charge on any atom is 0.259 e. The molecule has 5 rings (SSSR count). The Kier molecular flexibility index (Phi) is 7.76. The van der Waals surface area contributed by atoms with Crippen molar-refractivity contribution in [2.45, 2.75) is 13.0 Å². The van der Waals surface area contributed by atoms with Crippen LogP contribution in [-0.2, 0) is 33.3 Å². The minimum atomic E-state index is -3.92. The molecule has 0 unspecified atom stereocenters. The van der Waals surface area contributed by atoms with E-state index in [9.17, 15) is 9.59 Å². The number of rotatable bonds is 6. The van der Waals surface area contributed by atoms with Crippen LogP contribution in [0.4, 0.5) is 0 Å². The van der Waals surface area contributed by atoms with Crippen molar-refractivity contribution in [1.29, 1.82) is 5.41 Å². The molecule has 1 aliphatic rings. The number of benzene rings is 2. The van der Waals surface area contributed by atoms with Crippen LogP contribution in [0.1, 0.15) is 17.5 Å². The number of nitrogens with two attached hydrogens (primary N) is 1. The topological polar surface area (TPSA) is 163 Å². The molecular weight excluding hydrogens is 526 g/mol. The van der Waals surface area contributed by atoms with Gasteiger partial charge in [0.25, 0.3) is 11.8 Å². The second kappa shape index (κ2) is 10.9. The van der Waals surface area contributed by atoms with Gasteiger partial charge in [-0.3, -0.25) is 20.3 Å². The zero-order chi connectivity index (χ0) is 27.6. The van der Waals surface area contributed by atoms with E-state index in [0.717, 1.165) is 45.1 Å². The molecule has 2 aromatic carbocycles. The Morgan fingerprint density at radius 1 is 0.974 bits per heavy atom. The van der Waals surface area contributed by atoms with Crippen LogP contribution in [0.5, 0.6) is 0 Å². The molecule has 1 aliphatic heterocycles. The number of imide groups is 1. The monoisotopic (exact) mass is 552 g/mol. The third-order valence-corrected chi connectivity index (χ3v) is 6.76. The van der Waals surface area contributed by atoms with Gasteiger partial charge >= 0.3 is 0 Å². The Morgan fingerprint density at radius 2 is 1.47 bits per heavy atom. The summed E-state index contributed by atoms with van der Waals surface area (Å²) in [5.74, 6) is -0.0147. The normalized spacial score (nSPS) is 13.7. The maximum absolute atomic E-state index is 13.1. The van der Waals surface area contributed by atoms with Crippen molar-refractivity contribution in [3.8, 4) is 0 Å². The van der Waals surface area contributed by atoms with Crippen molar-refractivity contribution in [3.63, 3.8) is 0 Å². The summed E-state index contributed by atoms with van der Waals surface area (Å²) in [6, 6.07) is 15.8. The Labute approximate surface area is 223 Å². The fraction of sp³-hybridized carbons (Fsp3) is 0.192. The fourth-order valence-corrected chi connectivity index (χ4v) is 5.05. The summed E-state index contributed by atoms with van der Waals surface area (Å²) < 4.78 is 31.3. The number of nitrogens with one attached hydrogen (secondary N) is 2. The largest absolute Gasteiger partial charge is 0.748 e. The summed E-state index contributed by atoms with van der Waals surface area (Å²) in [6.45, 7) is 0.716. The van der Waals surface area contributed by atoms with Gasteiger partial charge in [0, 0.05) is 70.9 Å². The molecule has 10 nitrogen and oxygen atoms in total. The third kappa shape index (κ3) is 5.82. The molecular formula is C26H26N5O5S2-. The van der Waals surface area contributed by atoms with Gasteiger partial charge in [0.1, 0.15) is 0 Å². The molecule has 0 spiro atoms. The predicted octanol–water partition coefficient (Wildman–Crippen LogP) is 2.88. The molecule has 0 atom stereocenters. The number of amidine groups is 1. The zero-order valence-corrected chi connectivity index (χ0v) is 22.4. The van der Waals surface area contributed by atoms with E-state index in [1.165, 1.54) is 11.8 Å². The van der Waals surface area contributed by atoms with Crippen LogP contribution >= 0.6 is 11.8 Å². The maximum atomic E-state index is 13.1. The van der Waals surface area contributed by atoms with Crippen molar-refractivity contribution in [1.82, 2.24) is 14.5 Å². The number of fused-ring (bicyclic) bond motifs is 2. The highest BCUT2D eigenvalue weighted by molar-refractivity contribution is 8.13. The highest BCUT2D eigenvalue weighted by Gasteiger charge is 2.35. The molecule has 0 saturated carbocycles. The molecule has 0 fully saturated rings. The Hall–Kier alpha value is -3.87. The lowest BCUT2D eigenvalue weighted by Crippen LogP contribution is -2.22. The van der Waals surface area contributed by atoms with Crippen LogP contribution in [0.25, 0.3) is 33.0 Å². The third-order valence-electron chi connectivity index (χ3n) is 5.96. The lowest BCUT2D eigenvalue weighted by atomic mass is 9.95. The number of carbonyl (C=O) groups is 2. The van der Waals surface area contributed by atoms with Crippen molar-refractivity contribution >= 4 is 71.8 Å². The lowest BCUT2D eigenvalue weighted by molar-refractivity contribution is -0.122. The second-order valence-corrected chi connectivity index (χ2v) is 11.3. The van der Waals surface area contributed by atoms with Gasteiger partial charge in [0.05, 0.1) is 21.3 Å². The minimum Gasteiger partial charge on any atom is -0.748 e. The smallest absolute Gasteiger partial charge is 0.259 e. The van der Waals surface area contributed by atoms with E-state index in [0.29, 0.717) is 23.9 Å². The molecule has 198 valence electrons. The molecule has 0 bridgehead atoms. The van der Waals surface area contributed by atoms with E-state index >= 15 is 0 Å². The molecule has 0 saturated heterocycles. The number of para-hydroxylation sites is 2. The zero-order valence-electron chi connectivity index (χ0n) is 20.7. The summed E-state index contributed by atoms with van der Waals surface area (Å²) in [6.07, 6.45) is 5.30. The molecule has 3 heterocycles. The molecule has 4 aromatic rings. The number of aryl methyl sites for hydroxylation is 2. The van der Waals surface area contributed by atoms with E-state index in [1.807, 2.05) is 72.5 Å². The fourth-order valence-electron chi connectivity index (χ4n) is 4.56. The molecule has 38 heavy (non-hydrogen) atoms. The van der Waals surface area contributed by atoms with Crippen molar-refractivity contribution < 1.29 is 22.6 Å². The van der Waals surface area contributed by atoms with Crippen LogP contribution in [-0.4, -0.2) is 51.1 Å². The predicted molar refractivity (Wildman–Crippen MR) is 149 cm³/mol. The van der Waals surface area contributed by atoms with Gasteiger partial charge < -0.3 is 19.4 Å². The van der Waals surface area contributed by atoms with Gasteiger partial charge in [-0.2, -0.15) is 0 Å². The van der Waals surface area contributed by atoms with Gasteiger partial charge in [0.15, 0.2) is 5.17 Å². The number of hydrogen-bond donors (Lipinski definition) is 3. The van der Waals surface area contributed by atoms with E-state index in [1.54, 1.807) is 0 Å². The number of nitrogens with zero attached hydrogens (tertiary/aromatic N) is 2.